The fourth-order valence-electron chi connectivity index (χ4n) is 3.57. The molecule has 6 nitrogen and oxygen atoms in total. The van der Waals surface area contributed by atoms with Crippen LogP contribution in [0.25, 0.3) is 10.9 Å². The third-order valence-corrected chi connectivity index (χ3v) is 5.26. The molecular formula is C21H23N3O3. The summed E-state index contributed by atoms with van der Waals surface area (Å²) in [5.74, 6) is 0.661. The maximum Gasteiger partial charge on any atom is 0.254 e. The second kappa shape index (κ2) is 6.95. The van der Waals surface area contributed by atoms with E-state index in [-0.39, 0.29) is 17.6 Å². The van der Waals surface area contributed by atoms with E-state index in [0.717, 1.165) is 23.0 Å². The Hall–Kier alpha value is -3.02. The normalized spacial score (nSPS) is 16.8. The molecule has 1 aliphatic heterocycles. The highest BCUT2D eigenvalue weighted by atomic mass is 16.5. The van der Waals surface area contributed by atoms with Crippen molar-refractivity contribution in [1.29, 1.82) is 0 Å². The Morgan fingerprint density at radius 1 is 1.22 bits per heavy atom. The predicted molar refractivity (Wildman–Crippen MR) is 104 cm³/mol. The summed E-state index contributed by atoms with van der Waals surface area (Å²) >= 11 is 0. The van der Waals surface area contributed by atoms with Gasteiger partial charge in [-0.15, -0.1) is 0 Å². The van der Waals surface area contributed by atoms with Gasteiger partial charge in [0.05, 0.1) is 6.54 Å². The van der Waals surface area contributed by atoms with Gasteiger partial charge >= 0.3 is 0 Å². The van der Waals surface area contributed by atoms with Crippen LogP contribution in [0.15, 0.2) is 53.5 Å². The average molecular weight is 365 g/mol. The molecule has 0 unspecified atom stereocenters. The second-order valence-corrected chi connectivity index (χ2v) is 7.10. The van der Waals surface area contributed by atoms with Crippen LogP contribution in [0.5, 0.6) is 5.75 Å². The van der Waals surface area contributed by atoms with E-state index in [2.05, 4.69) is 0 Å². The van der Waals surface area contributed by atoms with E-state index < -0.39 is 0 Å². The first-order chi connectivity index (χ1) is 13.0. The van der Waals surface area contributed by atoms with E-state index >= 15 is 0 Å². The highest BCUT2D eigenvalue weighted by molar-refractivity contribution is 5.83. The van der Waals surface area contributed by atoms with Crippen LogP contribution < -0.4 is 10.3 Å². The summed E-state index contributed by atoms with van der Waals surface area (Å²) in [7, 11) is 1.74. The molecular weight excluding hydrogens is 342 g/mol. The Balaban J connectivity index is 1.40. The number of nitrogens with zero attached hydrogens (tertiary/aromatic N) is 3. The molecule has 140 valence electrons. The van der Waals surface area contributed by atoms with Gasteiger partial charge in [0.1, 0.15) is 18.4 Å². The number of likely N-dealkylation sites (tertiary alicyclic amines) is 1. The van der Waals surface area contributed by atoms with Crippen molar-refractivity contribution in [2.24, 2.45) is 7.05 Å². The van der Waals surface area contributed by atoms with E-state index in [9.17, 15) is 9.59 Å². The Kier molecular flexibility index (Phi) is 4.48. The molecule has 0 saturated carbocycles. The number of fused-ring (bicyclic) bond motifs is 1. The van der Waals surface area contributed by atoms with Gasteiger partial charge in [0.15, 0.2) is 0 Å². The molecule has 1 aliphatic rings. The van der Waals surface area contributed by atoms with Crippen LogP contribution in [-0.4, -0.2) is 39.1 Å². The van der Waals surface area contributed by atoms with Gasteiger partial charge in [0.25, 0.3) is 5.56 Å². The Labute approximate surface area is 157 Å². The molecule has 0 radical (unpaired) electrons. The molecule has 1 fully saturated rings. The van der Waals surface area contributed by atoms with E-state index in [4.69, 9.17) is 4.74 Å². The minimum absolute atomic E-state index is 0.0816. The molecule has 0 spiro atoms. The summed E-state index contributed by atoms with van der Waals surface area (Å²) in [6.45, 7) is 3.42. The molecule has 1 amide bonds. The molecule has 0 bridgehead atoms. The first-order valence-corrected chi connectivity index (χ1v) is 9.17. The first kappa shape index (κ1) is 17.4. The van der Waals surface area contributed by atoms with Crippen molar-refractivity contribution in [1.82, 2.24) is 14.0 Å². The number of carbonyl (C=O) groups is 1. The highest BCUT2D eigenvalue weighted by Gasteiger charge is 2.28. The van der Waals surface area contributed by atoms with Crippen molar-refractivity contribution in [3.05, 3.63) is 64.7 Å². The van der Waals surface area contributed by atoms with Crippen LogP contribution in [-0.2, 0) is 18.4 Å². The van der Waals surface area contributed by atoms with Gasteiger partial charge in [0, 0.05) is 43.5 Å². The predicted octanol–water partition coefficient (Wildman–Crippen LogP) is 2.33. The van der Waals surface area contributed by atoms with Crippen molar-refractivity contribution in [2.45, 2.75) is 26.0 Å². The monoisotopic (exact) mass is 365 g/mol. The summed E-state index contributed by atoms with van der Waals surface area (Å²) in [6, 6.07) is 13.4. The molecule has 27 heavy (non-hydrogen) atoms. The average Bonchev–Trinajstić information content (AvgIpc) is 3.27. The first-order valence-electron chi connectivity index (χ1n) is 9.17. The largest absolute Gasteiger partial charge is 0.488 e. The zero-order chi connectivity index (χ0) is 19.0. The lowest BCUT2D eigenvalue weighted by atomic mass is 10.2. The van der Waals surface area contributed by atoms with Gasteiger partial charge in [-0.25, -0.2) is 0 Å². The zero-order valence-corrected chi connectivity index (χ0v) is 15.6. The number of ether oxygens (including phenoxy) is 1. The lowest BCUT2D eigenvalue weighted by molar-refractivity contribution is -0.131. The molecule has 2 aromatic heterocycles. The van der Waals surface area contributed by atoms with E-state index in [0.29, 0.717) is 25.4 Å². The zero-order valence-electron chi connectivity index (χ0n) is 15.6. The van der Waals surface area contributed by atoms with Gasteiger partial charge in [-0.1, -0.05) is 18.2 Å². The van der Waals surface area contributed by atoms with Gasteiger partial charge in [0.2, 0.25) is 5.91 Å². The Morgan fingerprint density at radius 3 is 2.85 bits per heavy atom. The number of carbonyl (C=O) groups excluding carboxylic acids is 1. The van der Waals surface area contributed by atoms with Crippen molar-refractivity contribution < 1.29 is 9.53 Å². The molecule has 1 atom stereocenters. The standard InChI is InChI=1S/C21H23N3O3/c1-15-11-18(12-20(25)22(15)2)27-17-8-10-24(13-17)21(26)14-23-9-7-16-5-3-4-6-19(16)23/h3-7,9,11-12,17H,8,10,13-14H2,1-2H3/t17-/m0/s1. The van der Waals surface area contributed by atoms with Crippen molar-refractivity contribution in [2.75, 3.05) is 13.1 Å². The number of aromatic nitrogens is 2. The number of pyridine rings is 1. The maximum absolute atomic E-state index is 12.7. The second-order valence-electron chi connectivity index (χ2n) is 7.10. The summed E-state index contributed by atoms with van der Waals surface area (Å²) in [6.07, 6.45) is 2.64. The summed E-state index contributed by atoms with van der Waals surface area (Å²) in [5, 5.41) is 1.13. The van der Waals surface area contributed by atoms with Crippen molar-refractivity contribution >= 4 is 16.8 Å². The molecule has 0 N–H and O–H groups in total. The van der Waals surface area contributed by atoms with Crippen LogP contribution in [0.4, 0.5) is 0 Å². The molecule has 4 rings (SSSR count). The van der Waals surface area contributed by atoms with Crippen molar-refractivity contribution in [3.63, 3.8) is 0 Å². The summed E-state index contributed by atoms with van der Waals surface area (Å²) < 4.78 is 9.53. The quantitative estimate of drug-likeness (QED) is 0.713. The van der Waals surface area contributed by atoms with E-state index in [1.165, 1.54) is 6.07 Å². The van der Waals surface area contributed by atoms with Gasteiger partial charge in [-0.3, -0.25) is 9.59 Å². The number of benzene rings is 1. The van der Waals surface area contributed by atoms with E-state index in [1.807, 2.05) is 59.0 Å². The minimum Gasteiger partial charge on any atom is -0.488 e. The smallest absolute Gasteiger partial charge is 0.254 e. The van der Waals surface area contributed by atoms with Gasteiger partial charge < -0.3 is 18.8 Å². The molecule has 3 aromatic rings. The maximum atomic E-state index is 12.7. The van der Waals surface area contributed by atoms with Crippen LogP contribution in [0.1, 0.15) is 12.1 Å². The third-order valence-electron chi connectivity index (χ3n) is 5.26. The molecule has 1 saturated heterocycles. The number of hydrogen-bond donors (Lipinski definition) is 0. The Bertz CT molecular complexity index is 1050. The molecule has 6 heteroatoms. The van der Waals surface area contributed by atoms with Crippen LogP contribution in [0.3, 0.4) is 0 Å². The number of para-hydroxylation sites is 1. The topological polar surface area (TPSA) is 56.5 Å². The molecule has 1 aromatic carbocycles. The minimum atomic E-state index is -0.0876. The SMILES string of the molecule is Cc1cc(O[C@H]2CCN(C(=O)Cn3ccc4ccccc43)C2)cc(=O)n1C. The third kappa shape index (κ3) is 3.47. The number of aryl methyl sites for hydroxylation is 1. The highest BCUT2D eigenvalue weighted by Crippen LogP contribution is 2.20. The van der Waals surface area contributed by atoms with Gasteiger partial charge in [-0.05, 0) is 30.5 Å². The van der Waals surface area contributed by atoms with Crippen molar-refractivity contribution in [3.8, 4) is 5.75 Å². The lowest BCUT2D eigenvalue weighted by Crippen LogP contribution is -2.33. The van der Waals surface area contributed by atoms with Gasteiger partial charge in [-0.2, -0.15) is 0 Å². The number of amides is 1. The van der Waals surface area contributed by atoms with Crippen LogP contribution >= 0.6 is 0 Å². The van der Waals surface area contributed by atoms with Crippen LogP contribution in [0, 0.1) is 6.92 Å². The summed E-state index contributed by atoms with van der Waals surface area (Å²) in [5.41, 5.74) is 1.83. The Morgan fingerprint density at radius 2 is 2.04 bits per heavy atom. The molecule has 0 aliphatic carbocycles. The lowest BCUT2D eigenvalue weighted by Gasteiger charge is -2.18. The summed E-state index contributed by atoms with van der Waals surface area (Å²) in [4.78, 5) is 26.5. The van der Waals surface area contributed by atoms with E-state index in [1.54, 1.807) is 11.6 Å². The number of rotatable bonds is 4. The molecule has 3 heterocycles. The fraction of sp³-hybridized carbons (Fsp3) is 0.333. The fourth-order valence-corrected chi connectivity index (χ4v) is 3.57. The van der Waals surface area contributed by atoms with Crippen LogP contribution in [0.2, 0.25) is 0 Å². The number of hydrogen-bond acceptors (Lipinski definition) is 3.